The average Bonchev–Trinajstić information content (AvgIpc) is 3.08. The molecule has 1 aromatic carbocycles. The van der Waals surface area contributed by atoms with Crippen LogP contribution < -0.4 is 5.32 Å². The second-order valence-electron chi connectivity index (χ2n) is 5.20. The highest BCUT2D eigenvalue weighted by Crippen LogP contribution is 2.19. The molecule has 2 rings (SSSR count). The summed E-state index contributed by atoms with van der Waals surface area (Å²) in [5, 5.41) is 4.45. The van der Waals surface area contributed by atoms with Crippen molar-refractivity contribution < 1.29 is 13.2 Å². The maximum Gasteiger partial charge on any atom is 0.252 e. The Morgan fingerprint density at radius 2 is 1.96 bits per heavy atom. The first-order valence-corrected chi connectivity index (χ1v) is 10.7. The van der Waals surface area contributed by atoms with Gasteiger partial charge in [0.25, 0.3) is 10.0 Å². The van der Waals surface area contributed by atoms with E-state index in [9.17, 15) is 13.2 Å². The first-order valence-electron chi connectivity index (χ1n) is 7.35. The van der Waals surface area contributed by atoms with Gasteiger partial charge in [-0.3, -0.25) is 4.79 Å². The highest BCUT2D eigenvalue weighted by atomic mass is 32.2. The number of likely N-dealkylation sites (N-methyl/N-ethyl adjacent to an activating group) is 1. The van der Waals surface area contributed by atoms with Crippen molar-refractivity contribution in [2.75, 3.05) is 25.9 Å². The lowest BCUT2D eigenvalue weighted by atomic mass is 10.2. The van der Waals surface area contributed by atoms with Crippen LogP contribution in [0.3, 0.4) is 0 Å². The van der Waals surface area contributed by atoms with E-state index in [2.05, 4.69) is 5.32 Å². The van der Waals surface area contributed by atoms with Crippen molar-refractivity contribution in [3.8, 4) is 0 Å². The van der Waals surface area contributed by atoms with E-state index in [1.807, 2.05) is 31.2 Å². The first-order chi connectivity index (χ1) is 11.4. The molecule has 8 heteroatoms. The minimum atomic E-state index is -3.58. The van der Waals surface area contributed by atoms with Crippen LogP contribution in [-0.4, -0.2) is 44.5 Å². The van der Waals surface area contributed by atoms with Crippen molar-refractivity contribution in [2.24, 2.45) is 0 Å². The normalized spacial score (nSPS) is 11.6. The molecular formula is C16H20N2O3S3. The van der Waals surface area contributed by atoms with Gasteiger partial charge in [-0.1, -0.05) is 23.8 Å². The fourth-order valence-electron chi connectivity index (χ4n) is 1.90. The molecule has 1 aromatic heterocycles. The van der Waals surface area contributed by atoms with Crippen molar-refractivity contribution >= 4 is 39.0 Å². The molecule has 0 aliphatic rings. The molecule has 24 heavy (non-hydrogen) atoms. The second-order valence-corrected chi connectivity index (χ2v) is 9.59. The van der Waals surface area contributed by atoms with Gasteiger partial charge in [0.1, 0.15) is 4.21 Å². The van der Waals surface area contributed by atoms with Crippen LogP contribution in [0.4, 0.5) is 0 Å². The molecule has 0 aliphatic heterocycles. The number of thiophene rings is 1. The van der Waals surface area contributed by atoms with Crippen molar-refractivity contribution in [3.63, 3.8) is 0 Å². The van der Waals surface area contributed by atoms with Gasteiger partial charge in [-0.15, -0.1) is 23.1 Å². The Kier molecular flexibility index (Phi) is 6.85. The van der Waals surface area contributed by atoms with E-state index in [0.717, 1.165) is 26.3 Å². The first kappa shape index (κ1) is 19.0. The van der Waals surface area contributed by atoms with E-state index < -0.39 is 10.0 Å². The van der Waals surface area contributed by atoms with Gasteiger partial charge in [-0.2, -0.15) is 4.31 Å². The Morgan fingerprint density at radius 3 is 2.58 bits per heavy atom. The van der Waals surface area contributed by atoms with Gasteiger partial charge in [0.15, 0.2) is 0 Å². The zero-order chi connectivity index (χ0) is 17.6. The van der Waals surface area contributed by atoms with Crippen LogP contribution >= 0.6 is 23.1 Å². The highest BCUT2D eigenvalue weighted by Gasteiger charge is 2.23. The Balaban J connectivity index is 1.74. The molecule has 0 unspecified atom stereocenters. The van der Waals surface area contributed by atoms with Gasteiger partial charge in [-0.05, 0) is 30.5 Å². The van der Waals surface area contributed by atoms with E-state index in [4.69, 9.17) is 0 Å². The number of hydrogen-bond acceptors (Lipinski definition) is 5. The lowest BCUT2D eigenvalue weighted by Gasteiger charge is -2.15. The number of sulfonamides is 1. The number of nitrogens with zero attached hydrogens (tertiary/aromatic N) is 1. The van der Waals surface area contributed by atoms with Crippen LogP contribution in [-0.2, 0) is 14.8 Å². The maximum atomic E-state index is 12.2. The van der Waals surface area contributed by atoms with Crippen molar-refractivity contribution in [1.29, 1.82) is 0 Å². The van der Waals surface area contributed by atoms with Gasteiger partial charge in [-0.25, -0.2) is 8.42 Å². The van der Waals surface area contributed by atoms with Gasteiger partial charge in [0.05, 0.1) is 6.54 Å². The molecule has 0 bridgehead atoms. The van der Waals surface area contributed by atoms with E-state index in [-0.39, 0.29) is 16.7 Å². The van der Waals surface area contributed by atoms with E-state index >= 15 is 0 Å². The molecule has 0 aliphatic carbocycles. The SMILES string of the molecule is Cc1ccc(SCCNC(=O)CN(C)S(=O)(=O)c2cccs2)cc1. The molecule has 0 radical (unpaired) electrons. The predicted molar refractivity (Wildman–Crippen MR) is 99.0 cm³/mol. The zero-order valence-electron chi connectivity index (χ0n) is 13.6. The topological polar surface area (TPSA) is 66.5 Å². The number of amides is 1. The van der Waals surface area contributed by atoms with Gasteiger partial charge >= 0.3 is 0 Å². The van der Waals surface area contributed by atoms with Crippen LogP contribution in [0, 0.1) is 6.92 Å². The van der Waals surface area contributed by atoms with Gasteiger partial charge in [0.2, 0.25) is 5.91 Å². The van der Waals surface area contributed by atoms with Crippen molar-refractivity contribution in [1.82, 2.24) is 9.62 Å². The smallest absolute Gasteiger partial charge is 0.252 e. The van der Waals surface area contributed by atoms with Crippen LogP contribution in [0.1, 0.15) is 5.56 Å². The standard InChI is InChI=1S/C16H20N2O3S3/c1-13-5-7-14(8-6-13)22-11-9-17-15(19)12-18(2)24(20,21)16-4-3-10-23-16/h3-8,10H,9,11-12H2,1-2H3,(H,17,19). The summed E-state index contributed by atoms with van der Waals surface area (Å²) in [5.74, 6) is 0.429. The van der Waals surface area contributed by atoms with Crippen LogP contribution in [0.25, 0.3) is 0 Å². The number of carbonyl (C=O) groups is 1. The third-order valence-corrected chi connectivity index (χ3v) is 7.43. The summed E-state index contributed by atoms with van der Waals surface area (Å²) in [5.41, 5.74) is 1.21. The average molecular weight is 385 g/mol. The third-order valence-electron chi connectivity index (χ3n) is 3.24. The Labute approximate surface area is 151 Å². The molecule has 0 atom stereocenters. The molecule has 0 saturated carbocycles. The number of aryl methyl sites for hydroxylation is 1. The number of benzene rings is 1. The number of nitrogens with one attached hydrogen (secondary N) is 1. The largest absolute Gasteiger partial charge is 0.354 e. The minimum Gasteiger partial charge on any atom is -0.354 e. The van der Waals surface area contributed by atoms with Crippen LogP contribution in [0.5, 0.6) is 0 Å². The summed E-state index contributed by atoms with van der Waals surface area (Å²) < 4.78 is 25.8. The summed E-state index contributed by atoms with van der Waals surface area (Å²) in [6.45, 7) is 2.34. The fourth-order valence-corrected chi connectivity index (χ4v) is 5.00. The minimum absolute atomic E-state index is 0.185. The van der Waals surface area contributed by atoms with Gasteiger partial charge in [0, 0.05) is 24.2 Å². The van der Waals surface area contributed by atoms with E-state index in [0.29, 0.717) is 6.54 Å². The number of carbonyl (C=O) groups excluding carboxylic acids is 1. The molecule has 1 amide bonds. The summed E-state index contributed by atoms with van der Waals surface area (Å²) in [4.78, 5) is 13.0. The molecule has 1 heterocycles. The molecule has 0 spiro atoms. The molecule has 0 fully saturated rings. The lowest BCUT2D eigenvalue weighted by molar-refractivity contribution is -0.121. The molecule has 5 nitrogen and oxygen atoms in total. The van der Waals surface area contributed by atoms with Crippen molar-refractivity contribution in [3.05, 3.63) is 47.3 Å². The van der Waals surface area contributed by atoms with E-state index in [1.54, 1.807) is 23.2 Å². The van der Waals surface area contributed by atoms with Crippen LogP contribution in [0.15, 0.2) is 50.9 Å². The summed E-state index contributed by atoms with van der Waals surface area (Å²) in [6, 6.07) is 11.4. The Hall–Kier alpha value is -1.35. The second kappa shape index (κ2) is 8.66. The number of thioether (sulfide) groups is 1. The molecule has 0 saturated heterocycles. The summed E-state index contributed by atoms with van der Waals surface area (Å²) in [6.07, 6.45) is 0. The molecule has 2 aromatic rings. The predicted octanol–water partition coefficient (Wildman–Crippen LogP) is 2.59. The van der Waals surface area contributed by atoms with Gasteiger partial charge < -0.3 is 5.32 Å². The Bertz CT molecular complexity index is 756. The number of rotatable bonds is 8. The highest BCUT2D eigenvalue weighted by molar-refractivity contribution is 7.99. The molecule has 1 N–H and O–H groups in total. The van der Waals surface area contributed by atoms with Crippen molar-refractivity contribution in [2.45, 2.75) is 16.0 Å². The Morgan fingerprint density at radius 1 is 1.25 bits per heavy atom. The van der Waals surface area contributed by atoms with E-state index in [1.165, 1.54) is 18.7 Å². The number of hydrogen-bond donors (Lipinski definition) is 1. The maximum absolute atomic E-state index is 12.2. The fraction of sp³-hybridized carbons (Fsp3) is 0.312. The third kappa shape index (κ3) is 5.34. The zero-order valence-corrected chi connectivity index (χ0v) is 16.0. The van der Waals surface area contributed by atoms with Crippen LogP contribution in [0.2, 0.25) is 0 Å². The monoisotopic (exact) mass is 384 g/mol. The summed E-state index contributed by atoms with van der Waals surface area (Å²) in [7, 11) is -2.17. The molecular weight excluding hydrogens is 364 g/mol. The lowest BCUT2D eigenvalue weighted by Crippen LogP contribution is -2.38. The summed E-state index contributed by atoms with van der Waals surface area (Å²) >= 11 is 2.79. The quantitative estimate of drug-likeness (QED) is 0.561. The molecule has 130 valence electrons.